The molecule has 0 aliphatic carbocycles. The number of benzene rings is 1. The number of furan rings is 1. The molecule has 0 radical (unpaired) electrons. The second kappa shape index (κ2) is 5.39. The van der Waals surface area contributed by atoms with E-state index in [0.717, 1.165) is 34.4 Å². The molecule has 0 saturated carbocycles. The molecule has 4 aromatic rings. The van der Waals surface area contributed by atoms with E-state index in [1.807, 2.05) is 37.3 Å². The predicted octanol–water partition coefficient (Wildman–Crippen LogP) is 3.22. The summed E-state index contributed by atoms with van der Waals surface area (Å²) in [5.41, 5.74) is 2.88. The van der Waals surface area contributed by atoms with Crippen LogP contribution in [-0.4, -0.2) is 25.6 Å². The summed E-state index contributed by atoms with van der Waals surface area (Å²) in [6.45, 7) is 4.00. The highest BCUT2D eigenvalue weighted by Gasteiger charge is 2.14. The first-order valence-corrected chi connectivity index (χ1v) is 7.60. The van der Waals surface area contributed by atoms with Crippen LogP contribution in [0.5, 0.6) is 0 Å². The maximum absolute atomic E-state index is 5.13. The Labute approximate surface area is 133 Å². The van der Waals surface area contributed by atoms with Crippen molar-refractivity contribution in [3.63, 3.8) is 0 Å². The summed E-state index contributed by atoms with van der Waals surface area (Å²) >= 11 is 0. The van der Waals surface area contributed by atoms with E-state index in [1.54, 1.807) is 17.0 Å². The molecule has 23 heavy (non-hydrogen) atoms. The van der Waals surface area contributed by atoms with E-state index in [4.69, 9.17) is 9.40 Å². The quantitative estimate of drug-likeness (QED) is 0.627. The lowest BCUT2D eigenvalue weighted by molar-refractivity contribution is 0.562. The van der Waals surface area contributed by atoms with E-state index in [2.05, 4.69) is 22.3 Å². The van der Waals surface area contributed by atoms with Gasteiger partial charge in [0.15, 0.2) is 5.65 Å². The topological polar surface area (TPSA) is 68.2 Å². The number of para-hydroxylation sites is 1. The van der Waals surface area contributed by atoms with Gasteiger partial charge < -0.3 is 9.73 Å². The molecule has 4 rings (SSSR count). The van der Waals surface area contributed by atoms with Gasteiger partial charge >= 0.3 is 0 Å². The number of aryl methyl sites for hydroxylation is 1. The van der Waals surface area contributed by atoms with Crippen LogP contribution >= 0.6 is 0 Å². The highest BCUT2D eigenvalue weighted by Crippen LogP contribution is 2.21. The monoisotopic (exact) mass is 307 g/mol. The Morgan fingerprint density at radius 2 is 2.09 bits per heavy atom. The van der Waals surface area contributed by atoms with Crippen LogP contribution in [0.25, 0.3) is 16.6 Å². The molecular weight excluding hydrogens is 290 g/mol. The number of anilines is 1. The zero-order valence-electron chi connectivity index (χ0n) is 13.0. The van der Waals surface area contributed by atoms with E-state index in [9.17, 15) is 0 Å². The molecule has 0 aliphatic heterocycles. The first-order valence-electron chi connectivity index (χ1n) is 7.60. The van der Waals surface area contributed by atoms with Crippen LogP contribution in [0.3, 0.4) is 0 Å². The molecule has 0 amide bonds. The van der Waals surface area contributed by atoms with Crippen LogP contribution in [0, 0.1) is 6.92 Å². The minimum Gasteiger partial charge on any atom is -0.472 e. The molecule has 3 heterocycles. The van der Waals surface area contributed by atoms with Crippen LogP contribution in [-0.2, 0) is 6.42 Å². The second-order valence-electron chi connectivity index (χ2n) is 5.73. The lowest BCUT2D eigenvalue weighted by Gasteiger charge is -2.14. The SMILES string of the molecule is Cc1nc2c3ccccc3nc(N[C@H](C)Cc3ccoc3)n2n1. The van der Waals surface area contributed by atoms with Gasteiger partial charge in [-0.2, -0.15) is 4.52 Å². The van der Waals surface area contributed by atoms with Crippen LogP contribution in [0.1, 0.15) is 18.3 Å². The van der Waals surface area contributed by atoms with Crippen molar-refractivity contribution in [1.29, 1.82) is 0 Å². The average molecular weight is 307 g/mol. The van der Waals surface area contributed by atoms with Crippen LogP contribution in [0.2, 0.25) is 0 Å². The Morgan fingerprint density at radius 1 is 1.22 bits per heavy atom. The van der Waals surface area contributed by atoms with Crippen molar-refractivity contribution in [1.82, 2.24) is 19.6 Å². The first kappa shape index (κ1) is 13.8. The molecule has 1 N–H and O–H groups in total. The number of aromatic nitrogens is 4. The zero-order valence-corrected chi connectivity index (χ0v) is 13.0. The van der Waals surface area contributed by atoms with E-state index < -0.39 is 0 Å². The van der Waals surface area contributed by atoms with Gasteiger partial charge in [-0.3, -0.25) is 0 Å². The summed E-state index contributed by atoms with van der Waals surface area (Å²) in [5, 5.41) is 8.91. The Morgan fingerprint density at radius 3 is 2.91 bits per heavy atom. The van der Waals surface area contributed by atoms with Crippen molar-refractivity contribution in [2.75, 3.05) is 5.32 Å². The molecule has 116 valence electrons. The van der Waals surface area contributed by atoms with Crippen LogP contribution in [0.4, 0.5) is 5.95 Å². The fourth-order valence-electron chi connectivity index (χ4n) is 2.79. The number of nitrogens with zero attached hydrogens (tertiary/aromatic N) is 4. The van der Waals surface area contributed by atoms with Gasteiger partial charge in [0.25, 0.3) is 0 Å². The van der Waals surface area contributed by atoms with Gasteiger partial charge in [-0.15, -0.1) is 5.10 Å². The summed E-state index contributed by atoms with van der Waals surface area (Å²) in [7, 11) is 0. The Bertz CT molecular complexity index is 958. The van der Waals surface area contributed by atoms with Gasteiger partial charge in [0.2, 0.25) is 5.95 Å². The number of hydrogen-bond acceptors (Lipinski definition) is 5. The van der Waals surface area contributed by atoms with Gasteiger partial charge in [-0.25, -0.2) is 9.97 Å². The summed E-state index contributed by atoms with van der Waals surface area (Å²) in [6.07, 6.45) is 4.30. The Balaban J connectivity index is 1.75. The third-order valence-corrected chi connectivity index (χ3v) is 3.78. The van der Waals surface area contributed by atoms with Gasteiger partial charge in [0.1, 0.15) is 5.82 Å². The average Bonchev–Trinajstić information content (AvgIpc) is 3.16. The molecule has 0 unspecified atom stereocenters. The zero-order chi connectivity index (χ0) is 15.8. The lowest BCUT2D eigenvalue weighted by atomic mass is 10.1. The van der Waals surface area contributed by atoms with Crippen molar-refractivity contribution in [2.45, 2.75) is 26.3 Å². The highest BCUT2D eigenvalue weighted by atomic mass is 16.3. The standard InChI is InChI=1S/C17H17N5O/c1-11(9-13-7-8-23-10-13)18-17-20-15-6-4-3-5-14(15)16-19-12(2)21-22(16)17/h3-8,10-11H,9H2,1-2H3,(H,18,20)/t11-/m1/s1. The van der Waals surface area contributed by atoms with Gasteiger partial charge in [-0.05, 0) is 44.0 Å². The summed E-state index contributed by atoms with van der Waals surface area (Å²) in [4.78, 5) is 9.25. The molecule has 0 spiro atoms. The first-order chi connectivity index (χ1) is 11.2. The van der Waals surface area contributed by atoms with E-state index in [0.29, 0.717) is 5.95 Å². The minimum atomic E-state index is 0.189. The molecule has 0 bridgehead atoms. The molecule has 1 aromatic carbocycles. The molecular formula is C17H17N5O. The Hall–Kier alpha value is -2.89. The lowest BCUT2D eigenvalue weighted by Crippen LogP contribution is -2.21. The van der Waals surface area contributed by atoms with Crippen molar-refractivity contribution >= 4 is 22.5 Å². The predicted molar refractivity (Wildman–Crippen MR) is 88.5 cm³/mol. The number of fused-ring (bicyclic) bond motifs is 3. The van der Waals surface area contributed by atoms with Crippen molar-refractivity contribution in [3.8, 4) is 0 Å². The third-order valence-electron chi connectivity index (χ3n) is 3.78. The number of hydrogen-bond donors (Lipinski definition) is 1. The fraction of sp³-hybridized carbons (Fsp3) is 0.235. The van der Waals surface area contributed by atoms with E-state index in [1.165, 1.54) is 0 Å². The summed E-state index contributed by atoms with van der Waals surface area (Å²) in [6, 6.07) is 10.1. The molecule has 0 fully saturated rings. The maximum Gasteiger partial charge on any atom is 0.226 e. The fourth-order valence-corrected chi connectivity index (χ4v) is 2.79. The second-order valence-corrected chi connectivity index (χ2v) is 5.73. The van der Waals surface area contributed by atoms with Crippen molar-refractivity contribution < 1.29 is 4.42 Å². The molecule has 6 nitrogen and oxygen atoms in total. The molecule has 0 aliphatic rings. The van der Waals surface area contributed by atoms with Gasteiger partial charge in [0.05, 0.1) is 18.0 Å². The van der Waals surface area contributed by atoms with Gasteiger partial charge in [0, 0.05) is 11.4 Å². The van der Waals surface area contributed by atoms with E-state index in [-0.39, 0.29) is 6.04 Å². The largest absolute Gasteiger partial charge is 0.472 e. The summed E-state index contributed by atoms with van der Waals surface area (Å²) in [5.74, 6) is 1.43. The maximum atomic E-state index is 5.13. The van der Waals surface area contributed by atoms with Crippen LogP contribution in [0.15, 0.2) is 47.3 Å². The van der Waals surface area contributed by atoms with Crippen molar-refractivity contribution in [2.24, 2.45) is 0 Å². The third kappa shape index (κ3) is 2.52. The molecule has 0 saturated heterocycles. The minimum absolute atomic E-state index is 0.189. The summed E-state index contributed by atoms with van der Waals surface area (Å²) < 4.78 is 6.91. The smallest absolute Gasteiger partial charge is 0.226 e. The van der Waals surface area contributed by atoms with Crippen LogP contribution < -0.4 is 5.32 Å². The van der Waals surface area contributed by atoms with Crippen molar-refractivity contribution in [3.05, 3.63) is 54.2 Å². The normalized spacial score (nSPS) is 12.8. The number of rotatable bonds is 4. The highest BCUT2D eigenvalue weighted by molar-refractivity contribution is 5.92. The van der Waals surface area contributed by atoms with E-state index >= 15 is 0 Å². The Kier molecular flexibility index (Phi) is 3.22. The number of nitrogens with one attached hydrogen (secondary N) is 1. The van der Waals surface area contributed by atoms with Gasteiger partial charge in [-0.1, -0.05) is 12.1 Å². The molecule has 3 aromatic heterocycles. The molecule has 1 atom stereocenters. The molecule has 6 heteroatoms.